The van der Waals surface area contributed by atoms with Crippen LogP contribution in [0.5, 0.6) is 0 Å². The molecular formula is C7H9BN. The van der Waals surface area contributed by atoms with Gasteiger partial charge in [0.15, 0.2) is 0 Å². The highest BCUT2D eigenvalue weighted by Crippen LogP contribution is 1.91. The van der Waals surface area contributed by atoms with Gasteiger partial charge in [0.1, 0.15) is 0 Å². The minimum absolute atomic E-state index is 0. The van der Waals surface area contributed by atoms with Crippen LogP contribution in [0, 0.1) is 0 Å². The third kappa shape index (κ3) is 2.31. The van der Waals surface area contributed by atoms with E-state index in [4.69, 9.17) is 0 Å². The molecule has 0 fully saturated rings. The van der Waals surface area contributed by atoms with E-state index in [9.17, 15) is 0 Å². The molecule has 0 saturated carbocycles. The van der Waals surface area contributed by atoms with Crippen molar-refractivity contribution in [2.24, 2.45) is 0 Å². The molecule has 0 amide bonds. The lowest BCUT2D eigenvalue weighted by atomic mass is 10.3. The van der Waals surface area contributed by atoms with Gasteiger partial charge in [-0.15, -0.1) is 0 Å². The van der Waals surface area contributed by atoms with Gasteiger partial charge in [0.2, 0.25) is 0 Å². The third-order valence-corrected chi connectivity index (χ3v) is 1.09. The molecule has 1 nitrogen and oxygen atoms in total. The first kappa shape index (κ1) is 8.21. The summed E-state index contributed by atoms with van der Waals surface area (Å²) in [5.41, 5.74) is 1.16. The summed E-state index contributed by atoms with van der Waals surface area (Å²) in [6, 6.07) is 5.96. The van der Waals surface area contributed by atoms with E-state index >= 15 is 0 Å². The standard InChI is InChI=1S/C7H9N.B/c1-2-7-5-3-4-6-8-7;/h3-6H,2H2,1H3;. The van der Waals surface area contributed by atoms with E-state index in [-0.39, 0.29) is 8.41 Å². The average Bonchev–Trinajstić information content (AvgIpc) is 1.90. The Morgan fingerprint density at radius 1 is 1.44 bits per heavy atom. The first-order chi connectivity index (χ1) is 3.93. The van der Waals surface area contributed by atoms with Crippen molar-refractivity contribution >= 4 is 8.41 Å². The van der Waals surface area contributed by atoms with Crippen LogP contribution in [0.15, 0.2) is 24.4 Å². The van der Waals surface area contributed by atoms with E-state index in [1.165, 1.54) is 0 Å². The second kappa shape index (κ2) is 4.13. The molecule has 0 aliphatic carbocycles. The van der Waals surface area contributed by atoms with Crippen molar-refractivity contribution in [2.45, 2.75) is 13.3 Å². The predicted molar refractivity (Wildman–Crippen MR) is 39.4 cm³/mol. The summed E-state index contributed by atoms with van der Waals surface area (Å²) in [7, 11) is 0. The normalized spacial score (nSPS) is 8.11. The zero-order chi connectivity index (χ0) is 5.82. The van der Waals surface area contributed by atoms with Gasteiger partial charge in [-0.2, -0.15) is 0 Å². The summed E-state index contributed by atoms with van der Waals surface area (Å²) >= 11 is 0. The SMILES string of the molecule is CCc1ccccn1.[B]. The molecule has 0 aromatic carbocycles. The van der Waals surface area contributed by atoms with Crippen LogP contribution >= 0.6 is 0 Å². The molecule has 3 radical (unpaired) electrons. The Kier molecular flexibility index (Phi) is 3.77. The van der Waals surface area contributed by atoms with Crippen LogP contribution in [0.3, 0.4) is 0 Å². The van der Waals surface area contributed by atoms with E-state index < -0.39 is 0 Å². The van der Waals surface area contributed by atoms with E-state index in [1.54, 1.807) is 0 Å². The quantitative estimate of drug-likeness (QED) is 0.506. The molecule has 0 spiro atoms. The molecule has 1 aromatic rings. The Morgan fingerprint density at radius 2 is 2.22 bits per heavy atom. The van der Waals surface area contributed by atoms with Crippen LogP contribution in [0.2, 0.25) is 0 Å². The van der Waals surface area contributed by atoms with Gasteiger partial charge < -0.3 is 0 Å². The number of pyridine rings is 1. The average molecular weight is 118 g/mol. The largest absolute Gasteiger partial charge is 0.261 e. The van der Waals surface area contributed by atoms with Crippen LogP contribution in [-0.2, 0) is 6.42 Å². The first-order valence-corrected chi connectivity index (χ1v) is 2.83. The molecule has 0 N–H and O–H groups in total. The summed E-state index contributed by atoms with van der Waals surface area (Å²) in [6.45, 7) is 2.10. The van der Waals surface area contributed by atoms with Crippen molar-refractivity contribution in [1.82, 2.24) is 4.98 Å². The van der Waals surface area contributed by atoms with Crippen LogP contribution in [0.1, 0.15) is 12.6 Å². The summed E-state index contributed by atoms with van der Waals surface area (Å²) in [4.78, 5) is 4.10. The zero-order valence-corrected chi connectivity index (χ0v) is 5.54. The van der Waals surface area contributed by atoms with Crippen molar-refractivity contribution in [2.75, 3.05) is 0 Å². The number of nitrogens with zero attached hydrogens (tertiary/aromatic N) is 1. The van der Waals surface area contributed by atoms with Crippen molar-refractivity contribution in [3.05, 3.63) is 30.1 Å². The molecule has 1 aromatic heterocycles. The number of aromatic nitrogens is 1. The fourth-order valence-corrected chi connectivity index (χ4v) is 0.607. The van der Waals surface area contributed by atoms with Crippen LogP contribution < -0.4 is 0 Å². The molecule has 0 unspecified atom stereocenters. The highest BCUT2D eigenvalue weighted by atomic mass is 14.6. The second-order valence-corrected chi connectivity index (χ2v) is 1.67. The Balaban J connectivity index is 0.000000640. The summed E-state index contributed by atoms with van der Waals surface area (Å²) in [6.07, 6.45) is 2.85. The molecule has 0 bridgehead atoms. The Hall–Kier alpha value is -0.785. The van der Waals surface area contributed by atoms with Crippen molar-refractivity contribution in [1.29, 1.82) is 0 Å². The first-order valence-electron chi connectivity index (χ1n) is 2.83. The Morgan fingerprint density at radius 3 is 2.56 bits per heavy atom. The minimum atomic E-state index is 0. The fraction of sp³-hybridized carbons (Fsp3) is 0.286. The molecule has 0 saturated heterocycles. The number of rotatable bonds is 1. The molecule has 0 atom stereocenters. The van der Waals surface area contributed by atoms with E-state index in [1.807, 2.05) is 24.4 Å². The maximum atomic E-state index is 4.10. The molecule has 0 aliphatic heterocycles. The molecule has 9 heavy (non-hydrogen) atoms. The maximum Gasteiger partial charge on any atom is 0.0400 e. The van der Waals surface area contributed by atoms with Gasteiger partial charge >= 0.3 is 0 Å². The van der Waals surface area contributed by atoms with Crippen LogP contribution in [-0.4, -0.2) is 13.4 Å². The van der Waals surface area contributed by atoms with Crippen LogP contribution in [0.25, 0.3) is 0 Å². The van der Waals surface area contributed by atoms with Gasteiger partial charge in [-0.1, -0.05) is 13.0 Å². The summed E-state index contributed by atoms with van der Waals surface area (Å²) < 4.78 is 0. The molecule has 2 heteroatoms. The predicted octanol–water partition coefficient (Wildman–Crippen LogP) is 1.26. The third-order valence-electron chi connectivity index (χ3n) is 1.09. The van der Waals surface area contributed by atoms with Gasteiger partial charge in [0, 0.05) is 20.3 Å². The molecule has 0 aliphatic rings. The summed E-state index contributed by atoms with van der Waals surface area (Å²) in [5.74, 6) is 0. The second-order valence-electron chi connectivity index (χ2n) is 1.67. The highest BCUT2D eigenvalue weighted by Gasteiger charge is 1.81. The smallest absolute Gasteiger partial charge is 0.0400 e. The number of hydrogen-bond acceptors (Lipinski definition) is 1. The molecule has 45 valence electrons. The van der Waals surface area contributed by atoms with Gasteiger partial charge in [0.25, 0.3) is 0 Å². The lowest BCUT2D eigenvalue weighted by Gasteiger charge is -1.88. The maximum absolute atomic E-state index is 4.10. The van der Waals surface area contributed by atoms with Crippen molar-refractivity contribution in [3.8, 4) is 0 Å². The Labute approximate surface area is 57.7 Å². The topological polar surface area (TPSA) is 12.9 Å². The van der Waals surface area contributed by atoms with E-state index in [2.05, 4.69) is 11.9 Å². The van der Waals surface area contributed by atoms with Gasteiger partial charge in [0.05, 0.1) is 0 Å². The minimum Gasteiger partial charge on any atom is -0.261 e. The molecular weight excluding hydrogens is 109 g/mol. The van der Waals surface area contributed by atoms with Crippen LogP contribution in [0.4, 0.5) is 0 Å². The van der Waals surface area contributed by atoms with E-state index in [0.29, 0.717) is 0 Å². The molecule has 1 rings (SSSR count). The fourth-order valence-electron chi connectivity index (χ4n) is 0.607. The highest BCUT2D eigenvalue weighted by molar-refractivity contribution is 5.75. The monoisotopic (exact) mass is 118 g/mol. The van der Waals surface area contributed by atoms with Gasteiger partial charge in [-0.3, -0.25) is 4.98 Å². The lowest BCUT2D eigenvalue weighted by Crippen LogP contribution is -1.81. The zero-order valence-electron chi connectivity index (χ0n) is 5.54. The number of aryl methyl sites for hydroxylation is 1. The van der Waals surface area contributed by atoms with E-state index in [0.717, 1.165) is 12.1 Å². The lowest BCUT2D eigenvalue weighted by molar-refractivity contribution is 1.04. The molecule has 1 heterocycles. The van der Waals surface area contributed by atoms with Gasteiger partial charge in [-0.05, 0) is 18.6 Å². The number of hydrogen-bond donors (Lipinski definition) is 0. The Bertz CT molecular complexity index is 150. The van der Waals surface area contributed by atoms with Gasteiger partial charge in [-0.25, -0.2) is 0 Å². The van der Waals surface area contributed by atoms with Crippen molar-refractivity contribution in [3.63, 3.8) is 0 Å². The van der Waals surface area contributed by atoms with Crippen molar-refractivity contribution < 1.29 is 0 Å². The summed E-state index contributed by atoms with van der Waals surface area (Å²) in [5, 5.41) is 0.